The van der Waals surface area contributed by atoms with Gasteiger partial charge in [-0.15, -0.1) is 11.3 Å². The van der Waals surface area contributed by atoms with Crippen molar-refractivity contribution in [3.63, 3.8) is 0 Å². The van der Waals surface area contributed by atoms with Crippen LogP contribution in [0.25, 0.3) is 0 Å². The van der Waals surface area contributed by atoms with Crippen LogP contribution < -0.4 is 4.72 Å². The molecule has 1 heterocycles. The molecular formula is C11H8Br2N2O4S2. The molecule has 6 nitrogen and oxygen atoms in total. The smallest absolute Gasteiger partial charge is 0.272 e. The first-order valence-electron chi connectivity index (χ1n) is 5.43. The van der Waals surface area contributed by atoms with E-state index in [2.05, 4.69) is 36.6 Å². The number of nitro benzene ring substituents is 1. The highest BCUT2D eigenvalue weighted by Gasteiger charge is 2.23. The minimum atomic E-state index is -3.87. The fraction of sp³-hybridized carbons (Fsp3) is 0.0909. The lowest BCUT2D eigenvalue weighted by molar-refractivity contribution is -0.384. The Morgan fingerprint density at radius 2 is 1.95 bits per heavy atom. The number of aryl methyl sites for hydroxylation is 1. The number of benzene rings is 1. The van der Waals surface area contributed by atoms with E-state index in [4.69, 9.17) is 0 Å². The van der Waals surface area contributed by atoms with Gasteiger partial charge in [0.25, 0.3) is 15.7 Å². The number of hydrogen-bond donors (Lipinski definition) is 1. The molecule has 0 spiro atoms. The van der Waals surface area contributed by atoms with Gasteiger partial charge in [0.05, 0.1) is 8.71 Å². The number of nitro groups is 1. The van der Waals surface area contributed by atoms with E-state index in [1.165, 1.54) is 24.3 Å². The average molecular weight is 456 g/mol. The Morgan fingerprint density at radius 1 is 1.29 bits per heavy atom. The van der Waals surface area contributed by atoms with Gasteiger partial charge in [-0.2, -0.15) is 0 Å². The van der Waals surface area contributed by atoms with Crippen molar-refractivity contribution >= 4 is 64.6 Å². The number of thiophene rings is 1. The molecule has 0 amide bonds. The van der Waals surface area contributed by atoms with E-state index in [1.54, 1.807) is 6.92 Å². The highest BCUT2D eigenvalue weighted by atomic mass is 79.9. The van der Waals surface area contributed by atoms with Gasteiger partial charge >= 0.3 is 0 Å². The predicted molar refractivity (Wildman–Crippen MR) is 88.4 cm³/mol. The standard InChI is InChI=1S/C11H8Br2N2O4S2/c1-6-4-10(20-11(6)13)21(18,19)14-8-3-2-7(12)5-9(8)15(16)17/h2-5,14H,1H3. The summed E-state index contributed by atoms with van der Waals surface area (Å²) in [7, 11) is -3.87. The van der Waals surface area contributed by atoms with Crippen LogP contribution >= 0.6 is 43.2 Å². The monoisotopic (exact) mass is 454 g/mol. The third-order valence-electron chi connectivity index (χ3n) is 2.50. The maximum Gasteiger partial charge on any atom is 0.294 e. The second kappa shape index (κ2) is 6.03. The van der Waals surface area contributed by atoms with Crippen molar-refractivity contribution < 1.29 is 13.3 Å². The van der Waals surface area contributed by atoms with Crippen molar-refractivity contribution in [2.24, 2.45) is 0 Å². The molecule has 10 heteroatoms. The summed E-state index contributed by atoms with van der Waals surface area (Å²) < 4.78 is 28.1. The fourth-order valence-electron chi connectivity index (χ4n) is 1.50. The maximum absolute atomic E-state index is 12.3. The minimum absolute atomic E-state index is 0.0784. The van der Waals surface area contributed by atoms with Gasteiger partial charge in [-0.3, -0.25) is 14.8 Å². The molecule has 0 bridgehead atoms. The zero-order valence-corrected chi connectivity index (χ0v) is 15.3. The first-order valence-corrected chi connectivity index (χ1v) is 9.32. The number of sulfonamides is 1. The number of rotatable bonds is 4. The maximum atomic E-state index is 12.3. The van der Waals surface area contributed by atoms with E-state index in [0.29, 0.717) is 8.26 Å². The van der Waals surface area contributed by atoms with E-state index in [-0.39, 0.29) is 15.6 Å². The van der Waals surface area contributed by atoms with Gasteiger partial charge in [-0.25, -0.2) is 8.42 Å². The normalized spacial score (nSPS) is 11.4. The molecule has 0 unspecified atom stereocenters. The average Bonchev–Trinajstić information content (AvgIpc) is 2.72. The Labute approximate surface area is 141 Å². The molecule has 0 saturated heterocycles. The largest absolute Gasteiger partial charge is 0.294 e. The molecule has 2 aromatic rings. The molecule has 0 atom stereocenters. The Balaban J connectivity index is 2.44. The van der Waals surface area contributed by atoms with Crippen LogP contribution in [0.2, 0.25) is 0 Å². The van der Waals surface area contributed by atoms with Gasteiger partial charge in [0.15, 0.2) is 0 Å². The van der Waals surface area contributed by atoms with Crippen LogP contribution in [0.3, 0.4) is 0 Å². The Morgan fingerprint density at radius 3 is 2.48 bits per heavy atom. The van der Waals surface area contributed by atoms with Crippen molar-refractivity contribution in [2.75, 3.05) is 4.72 Å². The Kier molecular flexibility index (Phi) is 4.71. The Hall–Kier alpha value is -0.970. The molecule has 1 aromatic carbocycles. The van der Waals surface area contributed by atoms with E-state index >= 15 is 0 Å². The van der Waals surface area contributed by atoms with Crippen molar-refractivity contribution in [3.8, 4) is 0 Å². The first kappa shape index (κ1) is 16.4. The topological polar surface area (TPSA) is 89.3 Å². The summed E-state index contributed by atoms with van der Waals surface area (Å²) >= 11 is 7.41. The molecule has 21 heavy (non-hydrogen) atoms. The number of nitrogens with zero attached hydrogens (tertiary/aromatic N) is 1. The van der Waals surface area contributed by atoms with Crippen LogP contribution in [-0.2, 0) is 10.0 Å². The number of anilines is 1. The molecule has 0 aliphatic heterocycles. The number of halogens is 2. The molecule has 0 aliphatic rings. The third-order valence-corrected chi connectivity index (χ3v) is 6.97. The lowest BCUT2D eigenvalue weighted by atomic mass is 10.3. The zero-order chi connectivity index (χ0) is 15.8. The predicted octanol–water partition coefficient (Wildman–Crippen LogP) is 4.29. The van der Waals surface area contributed by atoms with Gasteiger partial charge in [0.2, 0.25) is 0 Å². The van der Waals surface area contributed by atoms with Gasteiger partial charge in [-0.1, -0.05) is 15.9 Å². The van der Waals surface area contributed by atoms with Crippen LogP contribution in [0.5, 0.6) is 0 Å². The molecule has 0 aliphatic carbocycles. The summed E-state index contributed by atoms with van der Waals surface area (Å²) in [5.74, 6) is 0. The second-order valence-corrected chi connectivity index (χ2v) is 9.24. The van der Waals surface area contributed by atoms with Gasteiger partial charge in [0.1, 0.15) is 9.90 Å². The van der Waals surface area contributed by atoms with Crippen LogP contribution in [0.15, 0.2) is 36.7 Å². The highest BCUT2D eigenvalue weighted by molar-refractivity contribution is 9.11. The first-order chi connectivity index (χ1) is 9.70. The van der Waals surface area contributed by atoms with Gasteiger partial charge in [0, 0.05) is 10.5 Å². The second-order valence-electron chi connectivity index (χ2n) is 4.05. The summed E-state index contributed by atoms with van der Waals surface area (Å²) in [4.78, 5) is 10.4. The van der Waals surface area contributed by atoms with E-state index in [0.717, 1.165) is 16.9 Å². The fourth-order valence-corrected chi connectivity index (χ4v) is 5.15. The summed E-state index contributed by atoms with van der Waals surface area (Å²) in [6, 6.07) is 5.62. The lowest BCUT2D eigenvalue weighted by Crippen LogP contribution is -2.12. The molecule has 1 aromatic heterocycles. The summed E-state index contributed by atoms with van der Waals surface area (Å²) in [6.45, 7) is 1.77. The molecule has 112 valence electrons. The van der Waals surface area contributed by atoms with Crippen LogP contribution in [0.1, 0.15) is 5.56 Å². The zero-order valence-electron chi connectivity index (χ0n) is 10.5. The molecule has 0 fully saturated rings. The third kappa shape index (κ3) is 3.62. The highest BCUT2D eigenvalue weighted by Crippen LogP contribution is 2.34. The quantitative estimate of drug-likeness (QED) is 0.549. The van der Waals surface area contributed by atoms with Crippen molar-refractivity contribution in [3.05, 3.63) is 48.2 Å². The van der Waals surface area contributed by atoms with Crippen molar-refractivity contribution in [1.29, 1.82) is 0 Å². The minimum Gasteiger partial charge on any atom is -0.272 e. The molecule has 0 radical (unpaired) electrons. The van der Waals surface area contributed by atoms with Gasteiger partial charge in [-0.05, 0) is 46.6 Å². The van der Waals surface area contributed by atoms with Gasteiger partial charge < -0.3 is 0 Å². The molecule has 1 N–H and O–H groups in total. The molecule has 0 saturated carbocycles. The number of hydrogen-bond acceptors (Lipinski definition) is 5. The van der Waals surface area contributed by atoms with E-state index in [1.807, 2.05) is 0 Å². The summed E-state index contributed by atoms with van der Waals surface area (Å²) in [5, 5.41) is 11.0. The lowest BCUT2D eigenvalue weighted by Gasteiger charge is -2.07. The Bertz CT molecular complexity index is 798. The number of nitrogens with one attached hydrogen (secondary N) is 1. The van der Waals surface area contributed by atoms with Crippen LogP contribution in [-0.4, -0.2) is 13.3 Å². The van der Waals surface area contributed by atoms with Crippen LogP contribution in [0, 0.1) is 17.0 Å². The summed E-state index contributed by atoms with van der Waals surface area (Å²) in [5.41, 5.74) is 0.386. The van der Waals surface area contributed by atoms with E-state index < -0.39 is 14.9 Å². The SMILES string of the molecule is Cc1cc(S(=O)(=O)Nc2ccc(Br)cc2[N+](=O)[O-])sc1Br. The molecular weight excluding hydrogens is 448 g/mol. The van der Waals surface area contributed by atoms with Crippen molar-refractivity contribution in [1.82, 2.24) is 0 Å². The van der Waals surface area contributed by atoms with Crippen molar-refractivity contribution in [2.45, 2.75) is 11.1 Å². The molecule has 2 rings (SSSR count). The van der Waals surface area contributed by atoms with Crippen LogP contribution in [0.4, 0.5) is 11.4 Å². The van der Waals surface area contributed by atoms with E-state index in [9.17, 15) is 18.5 Å². The summed E-state index contributed by atoms with van der Waals surface area (Å²) in [6.07, 6.45) is 0.